The summed E-state index contributed by atoms with van der Waals surface area (Å²) in [5.74, 6) is 1.47. The molecule has 6 aromatic carbocycles. The lowest BCUT2D eigenvalue weighted by atomic mass is 9.68. The maximum atomic E-state index is 12.0. The highest BCUT2D eigenvalue weighted by Gasteiger charge is 2.36. The Morgan fingerprint density at radius 3 is 1.86 bits per heavy atom. The average Bonchev–Trinajstić information content (AvgIpc) is 4.14. The number of nitrogens with zero attached hydrogens (tertiary/aromatic N) is 1. The van der Waals surface area contributed by atoms with Gasteiger partial charge in [-0.3, -0.25) is 14.6 Å². The van der Waals surface area contributed by atoms with E-state index in [9.17, 15) is 9.59 Å². The highest BCUT2D eigenvalue weighted by atomic mass is 79.9. The van der Waals surface area contributed by atoms with E-state index in [0.29, 0.717) is 31.1 Å². The Morgan fingerprint density at radius 1 is 0.747 bits per heavy atom. The van der Waals surface area contributed by atoms with Crippen molar-refractivity contribution in [1.29, 1.82) is 0 Å². The number of hydrogen-bond acceptors (Lipinski definition) is 5. The van der Waals surface area contributed by atoms with Gasteiger partial charge in [-0.1, -0.05) is 217 Å². The third-order valence-electron chi connectivity index (χ3n) is 14.4. The number of aryl methyl sites for hydroxylation is 1. The summed E-state index contributed by atoms with van der Waals surface area (Å²) in [6, 6.07) is 51.3. The molecule has 420 valence electrons. The van der Waals surface area contributed by atoms with E-state index in [1.165, 1.54) is 53.2 Å². The number of halogens is 4. The van der Waals surface area contributed by atoms with Crippen molar-refractivity contribution in [3.05, 3.63) is 232 Å². The van der Waals surface area contributed by atoms with Crippen LogP contribution in [0.1, 0.15) is 105 Å². The summed E-state index contributed by atoms with van der Waals surface area (Å²) in [6.07, 6.45) is 24.9. The predicted molar refractivity (Wildman–Crippen MR) is 326 cm³/mol. The molecule has 2 heterocycles. The standard InChI is InChI=1S/C24H25N.C19H21NO.C13H17NO.C9H9Br.C4H8O.3BrH/c1-15-11-17-7-3-5-9-19(17)23-21(15)13-25-14-22-16(2)12-18-8-4-6-10-20(18)24(22)23;1-16(21)19(20,15-18-11-6-3-7-12-18)14-8-13-17-9-4-2-5-10-17;1-3-9-14-13(11(2)15)10-12-7-5-4-6-8-12;10-8-4-7-9-5-2-1-3-6-9;1-2-4-5-3-1;;;/h3-7,9,11-12,18,20,25H,8,10,13-14H2,1-2H3;2-13H,14-15,20H2,1H3;4-9,13H,3,10H2,1-2H3;1-7H,8H2;1-4H2;3*1H/p-2/b;13-8+;;7-4+;;;;/t;19-;;;;;;/m.0....../s1. The molecule has 6 aromatic rings. The van der Waals surface area contributed by atoms with Crippen molar-refractivity contribution in [2.24, 2.45) is 22.6 Å². The molecule has 2 aliphatic carbocycles. The molecule has 4 aliphatic rings. The van der Waals surface area contributed by atoms with Crippen LogP contribution >= 0.6 is 15.9 Å². The number of alkyl halides is 1. The third-order valence-corrected chi connectivity index (χ3v) is 14.7. The Hall–Kier alpha value is -4.91. The summed E-state index contributed by atoms with van der Waals surface area (Å²) >= 11 is 3.32. The summed E-state index contributed by atoms with van der Waals surface area (Å²) < 4.78 is 4.94. The number of benzene rings is 6. The van der Waals surface area contributed by atoms with Gasteiger partial charge in [0.15, 0.2) is 5.78 Å². The van der Waals surface area contributed by atoms with Crippen molar-refractivity contribution in [3.8, 4) is 0 Å². The number of rotatable bonds is 13. The van der Waals surface area contributed by atoms with Gasteiger partial charge in [0.05, 0.1) is 5.54 Å². The number of fused-ring (bicyclic) bond motifs is 6. The molecule has 0 aromatic heterocycles. The van der Waals surface area contributed by atoms with Crippen molar-refractivity contribution in [1.82, 2.24) is 0 Å². The fraction of sp³-hybridized carbons (Fsp3) is 0.319. The summed E-state index contributed by atoms with van der Waals surface area (Å²) in [7, 11) is 0. The number of ketones is 2. The highest BCUT2D eigenvalue weighted by Crippen LogP contribution is 2.48. The zero-order valence-corrected chi connectivity index (χ0v) is 53.2. The van der Waals surface area contributed by atoms with Crippen LogP contribution < -0.4 is 62.0 Å². The molecule has 0 spiro atoms. The number of hydrogen-bond donors (Lipinski definition) is 2. The van der Waals surface area contributed by atoms with Crippen LogP contribution in [0.4, 0.5) is 0 Å². The Balaban J connectivity index is 0.000000276. The van der Waals surface area contributed by atoms with Gasteiger partial charge >= 0.3 is 0 Å². The Kier molecular flexibility index (Phi) is 32.2. The fourth-order valence-corrected chi connectivity index (χ4v) is 10.4. The minimum Gasteiger partial charge on any atom is -1.00 e. The molecular formula is C69H81Br4N3O3-2. The van der Waals surface area contributed by atoms with Crippen LogP contribution in [0.3, 0.4) is 0 Å². The molecule has 4 N–H and O–H groups in total. The first-order chi connectivity index (χ1) is 37.0. The number of carbonyl (C=O) groups is 2. The lowest BCUT2D eigenvalue weighted by molar-refractivity contribution is -0.663. The molecule has 0 saturated carbocycles. The van der Waals surface area contributed by atoms with E-state index in [2.05, 4.69) is 113 Å². The highest BCUT2D eigenvalue weighted by molar-refractivity contribution is 9.09. The molecule has 4 atom stereocenters. The number of allylic oxidation sites excluding steroid dienone is 5. The lowest BCUT2D eigenvalue weighted by Gasteiger charge is -2.35. The molecule has 0 amide bonds. The Bertz CT molecular complexity index is 2930. The zero-order valence-electron chi connectivity index (χ0n) is 46.8. The van der Waals surface area contributed by atoms with Crippen LogP contribution in [0.5, 0.6) is 0 Å². The average molecular weight is 1320 g/mol. The van der Waals surface area contributed by atoms with Crippen LogP contribution in [-0.4, -0.2) is 54.5 Å². The molecule has 10 rings (SSSR count). The minimum absolute atomic E-state index is 0. The van der Waals surface area contributed by atoms with Gasteiger partial charge in [0, 0.05) is 36.1 Å². The van der Waals surface area contributed by atoms with E-state index < -0.39 is 5.54 Å². The van der Waals surface area contributed by atoms with Gasteiger partial charge in [-0.2, -0.15) is 0 Å². The van der Waals surface area contributed by atoms with Crippen LogP contribution in [0, 0.1) is 18.8 Å². The first-order valence-electron chi connectivity index (χ1n) is 27.4. The SMILES string of the molecule is BrC/C=C/c1ccccc1.C1CCOC1.CC(=O)[C@](N)(C/C=C/c1ccccc1)Cc1ccccc1.CC1=CC2CC=CCC2C2=C1C[NH2+]Cc1c(C)cc3ccccc3c12.CCC=NC(Cc1ccccc1)C(C)=O.[Br-].[Br-].[Br-]. The molecule has 2 aliphatic heterocycles. The molecule has 3 unspecified atom stereocenters. The van der Waals surface area contributed by atoms with E-state index in [1.807, 2.05) is 134 Å². The van der Waals surface area contributed by atoms with Gasteiger partial charge < -0.3 is 66.7 Å². The summed E-state index contributed by atoms with van der Waals surface area (Å²) in [6.45, 7) is 14.0. The van der Waals surface area contributed by atoms with Gasteiger partial charge in [0.2, 0.25) is 0 Å². The largest absolute Gasteiger partial charge is 1.00 e. The Labute approximate surface area is 512 Å². The maximum Gasteiger partial charge on any atom is 0.154 e. The number of quaternary nitrogens is 1. The third kappa shape index (κ3) is 21.8. The monoisotopic (exact) mass is 1320 g/mol. The summed E-state index contributed by atoms with van der Waals surface area (Å²) in [5.41, 5.74) is 19.5. The van der Waals surface area contributed by atoms with Crippen molar-refractivity contribution < 1.29 is 70.6 Å². The number of carbonyl (C=O) groups excluding carboxylic acids is 2. The molecule has 6 nitrogen and oxygen atoms in total. The fourth-order valence-electron chi connectivity index (χ4n) is 10.2. The van der Waals surface area contributed by atoms with Gasteiger partial charge in [0.1, 0.15) is 24.9 Å². The number of ether oxygens (including phenoxy) is 1. The van der Waals surface area contributed by atoms with Crippen LogP contribution in [0.25, 0.3) is 28.5 Å². The van der Waals surface area contributed by atoms with E-state index in [-0.39, 0.29) is 68.6 Å². The van der Waals surface area contributed by atoms with Crippen molar-refractivity contribution in [2.45, 2.75) is 104 Å². The van der Waals surface area contributed by atoms with E-state index in [0.717, 1.165) is 54.7 Å². The van der Waals surface area contributed by atoms with E-state index in [4.69, 9.17) is 10.5 Å². The summed E-state index contributed by atoms with van der Waals surface area (Å²) in [4.78, 5) is 27.6. The minimum atomic E-state index is -0.841. The molecular weight excluding hydrogens is 1240 g/mol. The molecule has 79 heavy (non-hydrogen) atoms. The van der Waals surface area contributed by atoms with Crippen molar-refractivity contribution in [2.75, 3.05) is 25.1 Å². The van der Waals surface area contributed by atoms with Crippen LogP contribution in [-0.2, 0) is 33.7 Å². The van der Waals surface area contributed by atoms with Crippen molar-refractivity contribution >= 4 is 62.2 Å². The van der Waals surface area contributed by atoms with Gasteiger partial charge in [-0.25, -0.2) is 0 Å². The topological polar surface area (TPSA) is 98.4 Å². The van der Waals surface area contributed by atoms with Crippen molar-refractivity contribution in [3.63, 3.8) is 0 Å². The molecule has 0 bridgehead atoms. The number of aliphatic imine (C=N–C) groups is 1. The predicted octanol–water partition coefficient (Wildman–Crippen LogP) is 5.71. The molecule has 10 heteroatoms. The second kappa shape index (κ2) is 37.2. The maximum absolute atomic E-state index is 12.0. The quantitative estimate of drug-likeness (QED) is 0.0881. The second-order valence-electron chi connectivity index (χ2n) is 20.2. The molecule has 1 saturated heterocycles. The van der Waals surface area contributed by atoms with Crippen LogP contribution in [0.2, 0.25) is 0 Å². The van der Waals surface area contributed by atoms with Gasteiger partial charge in [-0.15, -0.1) is 0 Å². The molecule has 0 radical (unpaired) electrons. The Morgan fingerprint density at radius 2 is 1.30 bits per heavy atom. The molecule has 1 fully saturated rings. The first-order valence-corrected chi connectivity index (χ1v) is 28.5. The number of nitrogens with two attached hydrogens (primary N) is 2. The second-order valence-corrected chi connectivity index (χ2v) is 20.8. The zero-order chi connectivity index (χ0) is 54.0. The van der Waals surface area contributed by atoms with Gasteiger partial charge in [0.25, 0.3) is 0 Å². The number of Topliss-reactive ketones (excluding diaryl/α,β-unsaturated/α-hetero) is 2. The smallest absolute Gasteiger partial charge is 0.154 e. The summed E-state index contributed by atoms with van der Waals surface area (Å²) in [5, 5.41) is 6.26. The first kappa shape index (κ1) is 68.4. The van der Waals surface area contributed by atoms with Crippen LogP contribution in [0.15, 0.2) is 198 Å². The van der Waals surface area contributed by atoms with Gasteiger partial charge in [-0.05, 0) is 146 Å². The lowest BCUT2D eigenvalue weighted by Crippen LogP contribution is -3.00. The van der Waals surface area contributed by atoms with E-state index in [1.54, 1.807) is 36.1 Å². The van der Waals surface area contributed by atoms with E-state index >= 15 is 0 Å². The normalized spacial score (nSPS) is 17.0.